The lowest BCUT2D eigenvalue weighted by Crippen LogP contribution is -2.52. The standard InChI is InChI=1S/C25H21F6NO5/c1-11-6-16-20(17-10-19(37-23(11,17)36)15-4-2-3-5-18(15)33)22(35)32(21(16)34)14-8-12(24(26,27)28)7-13(9-14)25(29,30)31/h2-5,7-9,11,16-17,19-20,33,36H,6,10H2,1H3/t11-,16-,17-,19-,20-,23+/m0/s1. The third-order valence-electron chi connectivity index (χ3n) is 7.67. The SMILES string of the molecule is C[C@H]1C[C@@H]2C(=O)N(c3cc(C(F)(F)F)cc(C(F)(F)F)c3)C(=O)[C@@H]2[C@@H]2C[C@@H](c3ccccc3O)O[C@]12O. The Balaban J connectivity index is 1.56. The van der Waals surface area contributed by atoms with Gasteiger partial charge < -0.3 is 14.9 Å². The van der Waals surface area contributed by atoms with Crippen molar-refractivity contribution >= 4 is 17.5 Å². The molecular formula is C25H21F6NO5. The first-order valence-corrected chi connectivity index (χ1v) is 11.5. The number of alkyl halides is 6. The summed E-state index contributed by atoms with van der Waals surface area (Å²) in [5.41, 5.74) is -3.79. The Hall–Kier alpha value is -3.12. The fourth-order valence-electron chi connectivity index (χ4n) is 5.92. The van der Waals surface area contributed by atoms with Gasteiger partial charge in [-0.25, -0.2) is 0 Å². The van der Waals surface area contributed by atoms with Gasteiger partial charge in [0, 0.05) is 17.4 Å². The van der Waals surface area contributed by atoms with Crippen LogP contribution in [0.2, 0.25) is 0 Å². The molecule has 2 N–H and O–H groups in total. The van der Waals surface area contributed by atoms with Gasteiger partial charge in [0.05, 0.1) is 34.8 Å². The van der Waals surface area contributed by atoms with E-state index in [1.165, 1.54) is 6.07 Å². The minimum Gasteiger partial charge on any atom is -0.508 e. The third-order valence-corrected chi connectivity index (χ3v) is 7.67. The summed E-state index contributed by atoms with van der Waals surface area (Å²) in [7, 11) is 0. The number of benzene rings is 2. The number of amides is 2. The molecule has 2 amide bonds. The van der Waals surface area contributed by atoms with Crippen LogP contribution < -0.4 is 4.90 Å². The zero-order valence-electron chi connectivity index (χ0n) is 19.2. The number of anilines is 1. The molecule has 2 saturated heterocycles. The van der Waals surface area contributed by atoms with Crippen molar-refractivity contribution in [3.8, 4) is 5.75 Å². The number of ether oxygens (including phenoxy) is 1. The number of hydrogen-bond acceptors (Lipinski definition) is 5. The highest BCUT2D eigenvalue weighted by Gasteiger charge is 2.66. The van der Waals surface area contributed by atoms with Crippen LogP contribution in [0.1, 0.15) is 42.6 Å². The topological polar surface area (TPSA) is 87.1 Å². The van der Waals surface area contributed by atoms with E-state index in [1.54, 1.807) is 25.1 Å². The molecule has 2 aliphatic heterocycles. The van der Waals surface area contributed by atoms with E-state index in [4.69, 9.17) is 4.74 Å². The number of phenolic OH excluding ortho intramolecular Hbond substituents is 1. The van der Waals surface area contributed by atoms with E-state index in [-0.39, 0.29) is 24.7 Å². The van der Waals surface area contributed by atoms with Crippen molar-refractivity contribution in [1.82, 2.24) is 0 Å². The molecule has 5 rings (SSSR count). The summed E-state index contributed by atoms with van der Waals surface area (Å²) in [6.45, 7) is 1.59. The van der Waals surface area contributed by atoms with E-state index >= 15 is 0 Å². The normalized spacial score (nSPS) is 32.0. The average molecular weight is 529 g/mol. The minimum absolute atomic E-state index is 0.00281. The van der Waals surface area contributed by atoms with Gasteiger partial charge >= 0.3 is 12.4 Å². The number of aliphatic hydroxyl groups is 1. The van der Waals surface area contributed by atoms with Gasteiger partial charge in [-0.2, -0.15) is 26.3 Å². The molecule has 0 radical (unpaired) electrons. The Labute approximate surface area is 206 Å². The van der Waals surface area contributed by atoms with Crippen LogP contribution in [0.25, 0.3) is 0 Å². The Bertz CT molecular complexity index is 1240. The summed E-state index contributed by atoms with van der Waals surface area (Å²) < 4.78 is 86.3. The van der Waals surface area contributed by atoms with Gasteiger partial charge in [0.1, 0.15) is 5.75 Å². The molecule has 3 aliphatic rings. The molecule has 0 aromatic heterocycles. The van der Waals surface area contributed by atoms with Crippen molar-refractivity contribution in [2.45, 2.75) is 44.0 Å². The molecule has 3 fully saturated rings. The van der Waals surface area contributed by atoms with Gasteiger partial charge in [0.25, 0.3) is 0 Å². The zero-order chi connectivity index (χ0) is 27.1. The molecule has 0 spiro atoms. The molecule has 198 valence electrons. The van der Waals surface area contributed by atoms with Gasteiger partial charge in [0.15, 0.2) is 5.79 Å². The lowest BCUT2D eigenvalue weighted by atomic mass is 9.65. The second kappa shape index (κ2) is 8.19. The van der Waals surface area contributed by atoms with E-state index in [1.807, 2.05) is 0 Å². The van der Waals surface area contributed by atoms with E-state index in [9.17, 15) is 46.1 Å². The molecule has 6 atom stereocenters. The zero-order valence-corrected chi connectivity index (χ0v) is 19.2. The number of para-hydroxylation sites is 1. The highest BCUT2D eigenvalue weighted by atomic mass is 19.4. The maximum Gasteiger partial charge on any atom is 0.416 e. The van der Waals surface area contributed by atoms with Gasteiger partial charge in [-0.05, 0) is 37.1 Å². The monoisotopic (exact) mass is 529 g/mol. The van der Waals surface area contributed by atoms with Gasteiger partial charge in [0.2, 0.25) is 11.8 Å². The summed E-state index contributed by atoms with van der Waals surface area (Å²) in [5, 5.41) is 21.7. The predicted molar refractivity (Wildman–Crippen MR) is 115 cm³/mol. The fraction of sp³-hybridized carbons (Fsp3) is 0.440. The van der Waals surface area contributed by atoms with Crippen LogP contribution in [0, 0.1) is 23.7 Å². The number of nitrogens with zero attached hydrogens (tertiary/aromatic N) is 1. The van der Waals surface area contributed by atoms with Crippen molar-refractivity contribution in [3.63, 3.8) is 0 Å². The quantitative estimate of drug-likeness (QED) is 0.421. The van der Waals surface area contributed by atoms with Crippen molar-refractivity contribution in [3.05, 3.63) is 59.2 Å². The van der Waals surface area contributed by atoms with E-state index in [0.717, 1.165) is 0 Å². The molecule has 2 aromatic carbocycles. The maximum absolute atomic E-state index is 13.5. The van der Waals surface area contributed by atoms with Crippen molar-refractivity contribution in [2.24, 2.45) is 23.7 Å². The van der Waals surface area contributed by atoms with Crippen LogP contribution in [0.15, 0.2) is 42.5 Å². The largest absolute Gasteiger partial charge is 0.508 e. The third kappa shape index (κ3) is 3.97. The minimum atomic E-state index is -5.16. The second-order valence-corrected chi connectivity index (χ2v) is 9.80. The van der Waals surface area contributed by atoms with Crippen LogP contribution in [-0.4, -0.2) is 27.8 Å². The van der Waals surface area contributed by atoms with Gasteiger partial charge in [-0.1, -0.05) is 25.1 Å². The first kappa shape index (κ1) is 25.5. The number of imide groups is 1. The number of hydrogen-bond donors (Lipinski definition) is 2. The molecule has 2 aromatic rings. The number of aromatic hydroxyl groups is 1. The lowest BCUT2D eigenvalue weighted by Gasteiger charge is -2.43. The second-order valence-electron chi connectivity index (χ2n) is 9.80. The number of halogens is 6. The first-order chi connectivity index (χ1) is 17.1. The van der Waals surface area contributed by atoms with Crippen LogP contribution in [0.3, 0.4) is 0 Å². The highest BCUT2D eigenvalue weighted by molar-refractivity contribution is 6.22. The number of phenols is 1. The lowest BCUT2D eigenvalue weighted by molar-refractivity contribution is -0.265. The number of carbonyl (C=O) groups excluding carboxylic acids is 2. The molecule has 0 unspecified atom stereocenters. The Morgan fingerprint density at radius 2 is 1.54 bits per heavy atom. The van der Waals surface area contributed by atoms with Crippen molar-refractivity contribution in [1.29, 1.82) is 0 Å². The Kier molecular flexibility index (Phi) is 5.65. The number of fused-ring (bicyclic) bond motifs is 3. The summed E-state index contributed by atoms with van der Waals surface area (Å²) in [6.07, 6.45) is -11.2. The Morgan fingerprint density at radius 1 is 0.946 bits per heavy atom. The van der Waals surface area contributed by atoms with Crippen LogP contribution in [0.4, 0.5) is 32.0 Å². The molecule has 1 saturated carbocycles. The summed E-state index contributed by atoms with van der Waals surface area (Å²) in [4.78, 5) is 27.2. The van der Waals surface area contributed by atoms with Gasteiger partial charge in [-0.3, -0.25) is 14.5 Å². The first-order valence-electron chi connectivity index (χ1n) is 11.5. The summed E-state index contributed by atoms with van der Waals surface area (Å²) in [6, 6.07) is 6.79. The molecule has 1 aliphatic carbocycles. The van der Waals surface area contributed by atoms with E-state index in [2.05, 4.69) is 0 Å². The predicted octanol–water partition coefficient (Wildman–Crippen LogP) is 5.04. The van der Waals surface area contributed by atoms with E-state index < -0.39 is 76.5 Å². The van der Waals surface area contributed by atoms with Crippen LogP contribution in [0.5, 0.6) is 5.75 Å². The number of rotatable bonds is 2. The van der Waals surface area contributed by atoms with Crippen molar-refractivity contribution in [2.75, 3.05) is 4.90 Å². The van der Waals surface area contributed by atoms with Gasteiger partial charge in [-0.15, -0.1) is 0 Å². The van der Waals surface area contributed by atoms with E-state index in [0.29, 0.717) is 22.6 Å². The number of carbonyl (C=O) groups is 2. The average Bonchev–Trinajstić information content (AvgIpc) is 3.27. The Morgan fingerprint density at radius 3 is 2.11 bits per heavy atom. The highest BCUT2D eigenvalue weighted by Crippen LogP contribution is 2.59. The van der Waals surface area contributed by atoms with Crippen LogP contribution >= 0.6 is 0 Å². The summed E-state index contributed by atoms with van der Waals surface area (Å²) in [5.74, 6) is -7.92. The molecule has 37 heavy (non-hydrogen) atoms. The van der Waals surface area contributed by atoms with Crippen LogP contribution in [-0.2, 0) is 26.7 Å². The van der Waals surface area contributed by atoms with Crippen molar-refractivity contribution < 1.29 is 50.9 Å². The molecule has 6 nitrogen and oxygen atoms in total. The molecule has 12 heteroatoms. The smallest absolute Gasteiger partial charge is 0.416 e. The maximum atomic E-state index is 13.5. The molecule has 2 heterocycles. The summed E-state index contributed by atoms with van der Waals surface area (Å²) >= 11 is 0. The molecule has 0 bridgehead atoms. The fourth-order valence-corrected chi connectivity index (χ4v) is 5.92. The molecular weight excluding hydrogens is 508 g/mol.